The van der Waals surface area contributed by atoms with Crippen molar-refractivity contribution < 1.29 is 13.0 Å². The number of rotatable bonds is 6. The molecule has 3 N–H and O–H groups in total. The highest BCUT2D eigenvalue weighted by Gasteiger charge is 2.17. The Hall–Kier alpha value is -2.25. The van der Waals surface area contributed by atoms with Gasteiger partial charge in [0.15, 0.2) is 0 Å². The van der Waals surface area contributed by atoms with Gasteiger partial charge in [0.1, 0.15) is 10.1 Å². The molecule has 2 aromatic rings. The lowest BCUT2D eigenvalue weighted by molar-refractivity contribution is 0.463. The van der Waals surface area contributed by atoms with Gasteiger partial charge in [0.25, 0.3) is 0 Å². The Kier molecular flexibility index (Phi) is 5.12. The predicted octanol–water partition coefficient (Wildman–Crippen LogP) is 2.76. The number of nitrogens with two attached hydrogens (primary N) is 1. The Bertz CT molecular complexity index is 773. The van der Waals surface area contributed by atoms with Crippen LogP contribution in [0.25, 0.3) is 0 Å². The molecule has 6 nitrogen and oxygen atoms in total. The third kappa shape index (κ3) is 3.94. The van der Waals surface area contributed by atoms with Crippen molar-refractivity contribution >= 4 is 32.9 Å². The summed E-state index contributed by atoms with van der Waals surface area (Å²) in [6.07, 6.45) is 0. The molecule has 2 aromatic carbocycles. The van der Waals surface area contributed by atoms with Gasteiger partial charge in [-0.1, -0.05) is 18.2 Å². The first-order chi connectivity index (χ1) is 10.9. The Morgan fingerprint density at radius 2 is 1.74 bits per heavy atom. The van der Waals surface area contributed by atoms with Crippen LogP contribution in [0.5, 0.6) is 0 Å². The van der Waals surface area contributed by atoms with Gasteiger partial charge in [-0.25, -0.2) is 8.42 Å². The highest BCUT2D eigenvalue weighted by molar-refractivity contribution is 7.86. The van der Waals surface area contributed by atoms with Gasteiger partial charge in [-0.05, 0) is 38.1 Å². The number of nitrogens with one attached hydrogen (secondary N) is 1. The Morgan fingerprint density at radius 3 is 2.26 bits per heavy atom. The van der Waals surface area contributed by atoms with Crippen LogP contribution in [-0.2, 0) is 10.1 Å². The van der Waals surface area contributed by atoms with Crippen LogP contribution in [0.1, 0.15) is 13.8 Å². The molecular formula is C16H20N3O3S-. The van der Waals surface area contributed by atoms with Crippen molar-refractivity contribution in [2.24, 2.45) is 0 Å². The molecule has 0 aliphatic heterocycles. The third-order valence-electron chi connectivity index (χ3n) is 3.56. The molecule has 0 aromatic heterocycles. The molecule has 0 heterocycles. The molecule has 0 aliphatic carbocycles. The van der Waals surface area contributed by atoms with Gasteiger partial charge < -0.3 is 20.5 Å². The minimum atomic E-state index is -4.61. The third-order valence-corrected chi connectivity index (χ3v) is 4.42. The van der Waals surface area contributed by atoms with Crippen molar-refractivity contribution in [3.8, 4) is 0 Å². The fraction of sp³-hybridized carbons (Fsp3) is 0.250. The van der Waals surface area contributed by atoms with Gasteiger partial charge >= 0.3 is 0 Å². The molecule has 2 rings (SSSR count). The number of benzene rings is 2. The van der Waals surface area contributed by atoms with Crippen LogP contribution in [0.4, 0.5) is 22.7 Å². The van der Waals surface area contributed by atoms with Crippen molar-refractivity contribution in [2.75, 3.05) is 29.0 Å². The van der Waals surface area contributed by atoms with Crippen LogP contribution in [0.15, 0.2) is 47.4 Å². The maximum absolute atomic E-state index is 11.6. The molecular weight excluding hydrogens is 314 g/mol. The molecule has 124 valence electrons. The average molecular weight is 334 g/mol. The highest BCUT2D eigenvalue weighted by Crippen LogP contribution is 2.34. The van der Waals surface area contributed by atoms with Gasteiger partial charge in [-0.2, -0.15) is 0 Å². The van der Waals surface area contributed by atoms with E-state index in [-0.39, 0.29) is 10.6 Å². The van der Waals surface area contributed by atoms with Crippen LogP contribution in [0.3, 0.4) is 0 Å². The van der Waals surface area contributed by atoms with E-state index in [9.17, 15) is 13.0 Å². The van der Waals surface area contributed by atoms with Crippen LogP contribution < -0.4 is 16.0 Å². The molecule has 0 radical (unpaired) electrons. The normalized spacial score (nSPS) is 11.3. The summed E-state index contributed by atoms with van der Waals surface area (Å²) in [6, 6.07) is 12.2. The monoisotopic (exact) mass is 334 g/mol. The first-order valence-electron chi connectivity index (χ1n) is 7.33. The molecule has 0 saturated carbocycles. The van der Waals surface area contributed by atoms with Crippen LogP contribution in [0, 0.1) is 0 Å². The van der Waals surface area contributed by atoms with Crippen molar-refractivity contribution in [1.82, 2.24) is 0 Å². The first kappa shape index (κ1) is 17.1. The van der Waals surface area contributed by atoms with Crippen molar-refractivity contribution in [2.45, 2.75) is 18.7 Å². The summed E-state index contributed by atoms with van der Waals surface area (Å²) in [6.45, 7) is 4.94. The van der Waals surface area contributed by atoms with Crippen LogP contribution >= 0.6 is 0 Å². The fourth-order valence-corrected chi connectivity index (χ4v) is 3.10. The van der Waals surface area contributed by atoms with E-state index in [4.69, 9.17) is 5.73 Å². The van der Waals surface area contributed by atoms with E-state index in [0.29, 0.717) is 24.5 Å². The summed E-state index contributed by atoms with van der Waals surface area (Å²) >= 11 is 0. The van der Waals surface area contributed by atoms with Crippen molar-refractivity contribution in [1.29, 1.82) is 0 Å². The molecule has 7 heteroatoms. The van der Waals surface area contributed by atoms with Gasteiger partial charge in [0.2, 0.25) is 0 Å². The summed E-state index contributed by atoms with van der Waals surface area (Å²) in [4.78, 5) is 1.51. The summed E-state index contributed by atoms with van der Waals surface area (Å²) < 4.78 is 34.7. The van der Waals surface area contributed by atoms with Gasteiger partial charge in [0, 0.05) is 18.8 Å². The number of nitrogen functional groups attached to an aromatic ring is 1. The number of hydrogen-bond acceptors (Lipinski definition) is 6. The molecule has 0 aliphatic rings. The standard InChI is InChI=1S/C16H21N3O3S/c1-3-19(4-2)15-11-14(18-12-8-6-5-7-9-12)13(17)10-16(15)23(20,21)22/h5-11,18H,3-4,17H2,1-2H3,(H,20,21,22)/p-1. The zero-order chi connectivity index (χ0) is 17.0. The van der Waals surface area contributed by atoms with Gasteiger partial charge in [-0.15, -0.1) is 0 Å². The molecule has 0 unspecified atom stereocenters. The second kappa shape index (κ2) is 6.89. The highest BCUT2D eigenvalue weighted by atomic mass is 32.2. The van der Waals surface area contributed by atoms with E-state index in [1.807, 2.05) is 44.2 Å². The van der Waals surface area contributed by atoms with E-state index in [1.165, 1.54) is 6.07 Å². The van der Waals surface area contributed by atoms with Crippen molar-refractivity contribution in [3.63, 3.8) is 0 Å². The van der Waals surface area contributed by atoms with E-state index in [2.05, 4.69) is 5.32 Å². The molecule has 23 heavy (non-hydrogen) atoms. The first-order valence-corrected chi connectivity index (χ1v) is 8.74. The maximum Gasteiger partial charge on any atom is 0.126 e. The molecule has 0 spiro atoms. The zero-order valence-electron chi connectivity index (χ0n) is 13.1. The second-order valence-corrected chi connectivity index (χ2v) is 6.37. The Morgan fingerprint density at radius 1 is 1.13 bits per heavy atom. The molecule has 0 bridgehead atoms. The molecule has 0 fully saturated rings. The zero-order valence-corrected chi connectivity index (χ0v) is 13.9. The van der Waals surface area contributed by atoms with Gasteiger partial charge in [0.05, 0.1) is 22.0 Å². The van der Waals surface area contributed by atoms with E-state index in [0.717, 1.165) is 5.69 Å². The van der Waals surface area contributed by atoms with E-state index in [1.54, 1.807) is 11.0 Å². The summed E-state index contributed by atoms with van der Waals surface area (Å²) in [5, 5.41) is 3.15. The molecule has 0 atom stereocenters. The SMILES string of the molecule is CCN(CC)c1cc(Nc2ccccc2)c(N)cc1S(=O)(=O)[O-]. The molecule has 0 amide bonds. The number of hydrogen-bond donors (Lipinski definition) is 2. The summed E-state index contributed by atoms with van der Waals surface area (Å²) in [5.41, 5.74) is 7.88. The largest absolute Gasteiger partial charge is 0.744 e. The number of anilines is 4. The summed E-state index contributed by atoms with van der Waals surface area (Å²) in [5.74, 6) is 0. The minimum Gasteiger partial charge on any atom is -0.744 e. The smallest absolute Gasteiger partial charge is 0.126 e. The summed E-state index contributed by atoms with van der Waals surface area (Å²) in [7, 11) is -4.61. The Balaban J connectivity index is 2.55. The second-order valence-electron chi connectivity index (χ2n) is 5.02. The lowest BCUT2D eigenvalue weighted by Gasteiger charge is -2.26. The van der Waals surface area contributed by atoms with E-state index < -0.39 is 10.1 Å². The van der Waals surface area contributed by atoms with Crippen molar-refractivity contribution in [3.05, 3.63) is 42.5 Å². The maximum atomic E-state index is 11.6. The van der Waals surface area contributed by atoms with Crippen LogP contribution in [-0.4, -0.2) is 26.1 Å². The lowest BCUT2D eigenvalue weighted by Crippen LogP contribution is -2.24. The van der Waals surface area contributed by atoms with E-state index >= 15 is 0 Å². The fourth-order valence-electron chi connectivity index (χ4n) is 2.38. The minimum absolute atomic E-state index is 0.208. The average Bonchev–Trinajstić information content (AvgIpc) is 2.51. The topological polar surface area (TPSA) is 98.5 Å². The van der Waals surface area contributed by atoms with Gasteiger partial charge in [-0.3, -0.25) is 0 Å². The number of para-hydroxylation sites is 1. The number of nitrogens with zero attached hydrogens (tertiary/aromatic N) is 1. The van der Waals surface area contributed by atoms with Crippen LogP contribution in [0.2, 0.25) is 0 Å². The quantitative estimate of drug-likeness (QED) is 0.622. The Labute approximate surface area is 136 Å². The lowest BCUT2D eigenvalue weighted by atomic mass is 10.2. The predicted molar refractivity (Wildman–Crippen MR) is 92.1 cm³/mol. The molecule has 0 saturated heterocycles.